The van der Waals surface area contributed by atoms with Gasteiger partial charge in [-0.2, -0.15) is 0 Å². The van der Waals surface area contributed by atoms with Crippen molar-refractivity contribution in [3.05, 3.63) is 35.9 Å². The van der Waals surface area contributed by atoms with E-state index < -0.39 is 0 Å². The molecule has 0 saturated heterocycles. The van der Waals surface area contributed by atoms with Crippen LogP contribution in [0.1, 0.15) is 56.9 Å². The standard InChI is InChI=1S/C19H28N2O4/c1-25-19(24)13-9-4-2-3-8-12-17(22)20-21-18(23)15-14-16-10-6-5-7-11-16/h5-7,10-11H,2-4,8-9,12-15H2,1H3,(H,20,22)(H,21,23). The molecule has 0 atom stereocenters. The maximum atomic E-state index is 11.7. The zero-order chi connectivity index (χ0) is 18.3. The van der Waals surface area contributed by atoms with E-state index in [1.165, 1.54) is 7.11 Å². The summed E-state index contributed by atoms with van der Waals surface area (Å²) >= 11 is 0. The van der Waals surface area contributed by atoms with Gasteiger partial charge < -0.3 is 4.74 Å². The zero-order valence-electron chi connectivity index (χ0n) is 14.9. The summed E-state index contributed by atoms with van der Waals surface area (Å²) in [7, 11) is 1.39. The molecule has 0 unspecified atom stereocenters. The van der Waals surface area contributed by atoms with Crippen LogP contribution in [0.3, 0.4) is 0 Å². The summed E-state index contributed by atoms with van der Waals surface area (Å²) in [6.07, 6.45) is 6.26. The molecule has 0 aliphatic rings. The summed E-state index contributed by atoms with van der Waals surface area (Å²) < 4.78 is 4.57. The van der Waals surface area contributed by atoms with Gasteiger partial charge in [-0.15, -0.1) is 0 Å². The van der Waals surface area contributed by atoms with Gasteiger partial charge in [0.2, 0.25) is 11.8 Å². The predicted molar refractivity (Wildman–Crippen MR) is 95.4 cm³/mol. The lowest BCUT2D eigenvalue weighted by molar-refractivity contribution is -0.140. The average Bonchev–Trinajstić information content (AvgIpc) is 2.64. The van der Waals surface area contributed by atoms with Crippen LogP contribution in [0, 0.1) is 0 Å². The van der Waals surface area contributed by atoms with E-state index >= 15 is 0 Å². The van der Waals surface area contributed by atoms with Gasteiger partial charge in [-0.3, -0.25) is 25.2 Å². The molecule has 0 aliphatic heterocycles. The molecule has 1 aromatic rings. The molecular weight excluding hydrogens is 320 g/mol. The third-order valence-electron chi connectivity index (χ3n) is 3.84. The van der Waals surface area contributed by atoms with E-state index in [0.717, 1.165) is 37.7 Å². The number of hydrogen-bond donors (Lipinski definition) is 2. The highest BCUT2D eigenvalue weighted by molar-refractivity contribution is 5.81. The molecule has 2 N–H and O–H groups in total. The summed E-state index contributed by atoms with van der Waals surface area (Å²) in [5.41, 5.74) is 5.98. The molecule has 2 amide bonds. The first kappa shape index (κ1) is 20.7. The molecule has 0 saturated carbocycles. The van der Waals surface area contributed by atoms with Crippen LogP contribution in [0.25, 0.3) is 0 Å². The SMILES string of the molecule is COC(=O)CCCCCCCC(=O)NNC(=O)CCc1ccccc1. The molecule has 0 radical (unpaired) electrons. The van der Waals surface area contributed by atoms with Crippen LogP contribution in [-0.4, -0.2) is 24.9 Å². The van der Waals surface area contributed by atoms with Crippen molar-refractivity contribution in [1.29, 1.82) is 0 Å². The van der Waals surface area contributed by atoms with Crippen LogP contribution in [-0.2, 0) is 25.5 Å². The van der Waals surface area contributed by atoms with Crippen molar-refractivity contribution in [2.45, 2.75) is 57.8 Å². The first-order valence-electron chi connectivity index (χ1n) is 8.80. The van der Waals surface area contributed by atoms with Gasteiger partial charge >= 0.3 is 5.97 Å². The van der Waals surface area contributed by atoms with Crippen LogP contribution in [0.4, 0.5) is 0 Å². The number of amides is 2. The van der Waals surface area contributed by atoms with Gasteiger partial charge in [0.25, 0.3) is 0 Å². The van der Waals surface area contributed by atoms with Crippen LogP contribution in [0.15, 0.2) is 30.3 Å². The fourth-order valence-corrected chi connectivity index (χ4v) is 2.35. The second-order valence-corrected chi connectivity index (χ2v) is 5.93. The molecule has 0 heterocycles. The molecular formula is C19H28N2O4. The molecule has 0 bridgehead atoms. The number of carbonyl (C=O) groups excluding carboxylic acids is 3. The second kappa shape index (κ2) is 13.0. The highest BCUT2D eigenvalue weighted by Gasteiger charge is 2.05. The summed E-state index contributed by atoms with van der Waals surface area (Å²) in [6.45, 7) is 0. The van der Waals surface area contributed by atoms with Crippen molar-refractivity contribution in [3.8, 4) is 0 Å². The van der Waals surface area contributed by atoms with E-state index in [9.17, 15) is 14.4 Å². The number of aryl methyl sites for hydroxylation is 1. The topological polar surface area (TPSA) is 84.5 Å². The fourth-order valence-electron chi connectivity index (χ4n) is 2.35. The molecule has 6 nitrogen and oxygen atoms in total. The van der Waals surface area contributed by atoms with E-state index in [-0.39, 0.29) is 17.8 Å². The van der Waals surface area contributed by atoms with Crippen LogP contribution in [0.2, 0.25) is 0 Å². The molecule has 0 aliphatic carbocycles. The third kappa shape index (κ3) is 10.9. The highest BCUT2D eigenvalue weighted by atomic mass is 16.5. The molecule has 0 aromatic heterocycles. The minimum atomic E-state index is -0.194. The Balaban J connectivity index is 1.97. The number of ether oxygens (including phenoxy) is 1. The largest absolute Gasteiger partial charge is 0.469 e. The number of nitrogens with one attached hydrogen (secondary N) is 2. The highest BCUT2D eigenvalue weighted by Crippen LogP contribution is 2.07. The lowest BCUT2D eigenvalue weighted by atomic mass is 10.1. The molecule has 0 spiro atoms. The van der Waals surface area contributed by atoms with Crippen LogP contribution >= 0.6 is 0 Å². The molecule has 25 heavy (non-hydrogen) atoms. The Morgan fingerprint density at radius 3 is 2.00 bits per heavy atom. The number of hydrogen-bond acceptors (Lipinski definition) is 4. The third-order valence-corrected chi connectivity index (χ3v) is 3.84. The quantitative estimate of drug-likeness (QED) is 0.366. The van der Waals surface area contributed by atoms with Crippen molar-refractivity contribution in [3.63, 3.8) is 0 Å². The maximum absolute atomic E-state index is 11.7. The number of unbranched alkanes of at least 4 members (excludes halogenated alkanes) is 4. The van der Waals surface area contributed by atoms with E-state index in [0.29, 0.717) is 25.7 Å². The van der Waals surface area contributed by atoms with Crippen LogP contribution < -0.4 is 10.9 Å². The Bertz CT molecular complexity index is 531. The van der Waals surface area contributed by atoms with Gasteiger partial charge in [-0.1, -0.05) is 49.6 Å². The minimum absolute atomic E-state index is 0.178. The molecule has 1 rings (SSSR count). The summed E-state index contributed by atoms with van der Waals surface area (Å²) in [4.78, 5) is 34.3. The molecule has 138 valence electrons. The lowest BCUT2D eigenvalue weighted by Gasteiger charge is -2.07. The van der Waals surface area contributed by atoms with Gasteiger partial charge in [0, 0.05) is 19.3 Å². The number of hydrazine groups is 1. The molecule has 1 aromatic carbocycles. The monoisotopic (exact) mass is 348 g/mol. The minimum Gasteiger partial charge on any atom is -0.469 e. The van der Waals surface area contributed by atoms with Gasteiger partial charge in [0.1, 0.15) is 0 Å². The fraction of sp³-hybridized carbons (Fsp3) is 0.526. The Morgan fingerprint density at radius 2 is 1.36 bits per heavy atom. The average molecular weight is 348 g/mol. The summed E-state index contributed by atoms with van der Waals surface area (Å²) in [5, 5.41) is 0. The van der Waals surface area contributed by atoms with Gasteiger partial charge in [0.15, 0.2) is 0 Å². The number of benzene rings is 1. The summed E-state index contributed by atoms with van der Waals surface area (Å²) in [6, 6.07) is 9.74. The second-order valence-electron chi connectivity index (χ2n) is 5.93. The number of carbonyl (C=O) groups is 3. The Labute approximate surface area is 149 Å². The number of rotatable bonds is 11. The lowest BCUT2D eigenvalue weighted by Crippen LogP contribution is -2.41. The molecule has 0 fully saturated rings. The predicted octanol–water partition coefficient (Wildman–Crippen LogP) is 2.67. The first-order valence-corrected chi connectivity index (χ1v) is 8.80. The van der Waals surface area contributed by atoms with E-state index in [1.807, 2.05) is 30.3 Å². The Kier molecular flexibility index (Phi) is 10.7. The van der Waals surface area contributed by atoms with Crippen molar-refractivity contribution in [1.82, 2.24) is 10.9 Å². The zero-order valence-corrected chi connectivity index (χ0v) is 14.9. The van der Waals surface area contributed by atoms with Gasteiger partial charge in [0.05, 0.1) is 7.11 Å². The normalized spacial score (nSPS) is 10.1. The van der Waals surface area contributed by atoms with Crippen molar-refractivity contribution < 1.29 is 19.1 Å². The van der Waals surface area contributed by atoms with Crippen LogP contribution in [0.5, 0.6) is 0 Å². The molecule has 6 heteroatoms. The van der Waals surface area contributed by atoms with Crippen molar-refractivity contribution in [2.75, 3.05) is 7.11 Å². The Hall–Kier alpha value is -2.37. The Morgan fingerprint density at radius 1 is 0.800 bits per heavy atom. The van der Waals surface area contributed by atoms with Crippen molar-refractivity contribution in [2.24, 2.45) is 0 Å². The van der Waals surface area contributed by atoms with Gasteiger partial charge in [-0.05, 0) is 24.8 Å². The van der Waals surface area contributed by atoms with E-state index in [1.54, 1.807) is 0 Å². The van der Waals surface area contributed by atoms with Crippen molar-refractivity contribution >= 4 is 17.8 Å². The van der Waals surface area contributed by atoms with E-state index in [2.05, 4.69) is 15.6 Å². The number of esters is 1. The maximum Gasteiger partial charge on any atom is 0.305 e. The summed E-state index contributed by atoms with van der Waals surface area (Å²) in [5.74, 6) is -0.551. The van der Waals surface area contributed by atoms with Gasteiger partial charge in [-0.25, -0.2) is 0 Å². The first-order chi connectivity index (χ1) is 12.1. The van der Waals surface area contributed by atoms with E-state index in [4.69, 9.17) is 0 Å². The number of methoxy groups -OCH3 is 1. The smallest absolute Gasteiger partial charge is 0.305 e.